The lowest BCUT2D eigenvalue weighted by Gasteiger charge is -2.32. The molecule has 0 saturated carbocycles. The molecule has 3 N–H and O–H groups in total. The highest BCUT2D eigenvalue weighted by atomic mass is 16.5. The number of morpholine rings is 1. The van der Waals surface area contributed by atoms with Crippen LogP contribution in [0.25, 0.3) is 0 Å². The summed E-state index contributed by atoms with van der Waals surface area (Å²) in [6, 6.07) is 35.4. The predicted octanol–water partition coefficient (Wildman–Crippen LogP) is 5.74. The number of para-hydroxylation sites is 1. The minimum atomic E-state index is -1.06. The van der Waals surface area contributed by atoms with Gasteiger partial charge < -0.3 is 20.5 Å². The topological polar surface area (TPSA) is 118 Å². The molecule has 46 heavy (non-hydrogen) atoms. The van der Waals surface area contributed by atoms with Crippen molar-refractivity contribution in [3.8, 4) is 6.07 Å². The summed E-state index contributed by atoms with van der Waals surface area (Å²) in [5.74, 6) is -1.02. The molecule has 0 aromatic heterocycles. The van der Waals surface area contributed by atoms with Gasteiger partial charge in [-0.15, -0.1) is 0 Å². The molecule has 8 nitrogen and oxygen atoms in total. The van der Waals surface area contributed by atoms with Gasteiger partial charge in [-0.3, -0.25) is 4.79 Å². The molecule has 1 heterocycles. The highest BCUT2D eigenvalue weighted by molar-refractivity contribution is 6.15. The van der Waals surface area contributed by atoms with Crippen molar-refractivity contribution < 1.29 is 19.1 Å². The average molecular weight is 617 g/mol. The maximum Gasteiger partial charge on any atom is 0.420 e. The van der Waals surface area contributed by atoms with Crippen molar-refractivity contribution >= 4 is 17.7 Å². The second-order valence-electron chi connectivity index (χ2n) is 11.5. The number of amides is 2. The Morgan fingerprint density at radius 1 is 0.870 bits per heavy atom. The van der Waals surface area contributed by atoms with Crippen LogP contribution < -0.4 is 16.0 Å². The maximum atomic E-state index is 14.2. The highest BCUT2D eigenvalue weighted by Gasteiger charge is 2.36. The first-order valence-corrected chi connectivity index (χ1v) is 15.7. The Hall–Kier alpha value is -4.81. The van der Waals surface area contributed by atoms with E-state index in [4.69, 9.17) is 20.5 Å². The molecular weight excluding hydrogens is 576 g/mol. The second-order valence-corrected chi connectivity index (χ2v) is 11.5. The van der Waals surface area contributed by atoms with Crippen molar-refractivity contribution in [1.29, 1.82) is 5.26 Å². The number of hydrogen-bond acceptors (Lipinski definition) is 7. The SMILES string of the molecule is COC(=O)N(C(=O)[C@@H](N)C(c1ccccc1)c1ccccc1)c1ccccc1CC[C@@H]1CNC[C@@H](CCc2ccc(C#N)cc2)O1. The molecule has 0 aliphatic carbocycles. The third kappa shape index (κ3) is 8.06. The van der Waals surface area contributed by atoms with Crippen LogP contribution >= 0.6 is 0 Å². The van der Waals surface area contributed by atoms with E-state index >= 15 is 0 Å². The Kier molecular flexibility index (Phi) is 11.3. The first kappa shape index (κ1) is 32.6. The number of aryl methyl sites for hydroxylation is 2. The van der Waals surface area contributed by atoms with Crippen molar-refractivity contribution in [3.63, 3.8) is 0 Å². The minimum absolute atomic E-state index is 0.0298. The van der Waals surface area contributed by atoms with Crippen LogP contribution in [0.4, 0.5) is 10.5 Å². The molecule has 1 aliphatic heterocycles. The van der Waals surface area contributed by atoms with Crippen molar-refractivity contribution in [2.45, 2.75) is 49.9 Å². The molecule has 1 fully saturated rings. The fourth-order valence-corrected chi connectivity index (χ4v) is 6.06. The van der Waals surface area contributed by atoms with Gasteiger partial charge in [-0.1, -0.05) is 91.0 Å². The Bertz CT molecular complexity index is 1580. The van der Waals surface area contributed by atoms with Crippen LogP contribution in [0.2, 0.25) is 0 Å². The van der Waals surface area contributed by atoms with Crippen molar-refractivity contribution in [3.05, 3.63) is 137 Å². The zero-order valence-electron chi connectivity index (χ0n) is 26.0. The number of methoxy groups -OCH3 is 1. The fourth-order valence-electron chi connectivity index (χ4n) is 6.06. The number of ether oxygens (including phenoxy) is 2. The third-order valence-electron chi connectivity index (χ3n) is 8.47. The van der Waals surface area contributed by atoms with Gasteiger partial charge in [0.05, 0.1) is 42.7 Å². The third-order valence-corrected chi connectivity index (χ3v) is 8.47. The Labute approximate surface area is 270 Å². The lowest BCUT2D eigenvalue weighted by atomic mass is 9.84. The van der Waals surface area contributed by atoms with Crippen LogP contribution in [0.3, 0.4) is 0 Å². The van der Waals surface area contributed by atoms with Gasteiger partial charge in [0.15, 0.2) is 0 Å². The van der Waals surface area contributed by atoms with E-state index in [9.17, 15) is 9.59 Å². The summed E-state index contributed by atoms with van der Waals surface area (Å²) in [5.41, 5.74) is 11.6. The van der Waals surface area contributed by atoms with Crippen LogP contribution in [-0.4, -0.2) is 50.4 Å². The highest BCUT2D eigenvalue weighted by Crippen LogP contribution is 2.31. The van der Waals surface area contributed by atoms with Crippen LogP contribution in [0.1, 0.15) is 46.6 Å². The van der Waals surface area contributed by atoms with Crippen LogP contribution in [-0.2, 0) is 27.1 Å². The summed E-state index contributed by atoms with van der Waals surface area (Å²) in [6.45, 7) is 1.49. The van der Waals surface area contributed by atoms with Gasteiger partial charge in [-0.2, -0.15) is 5.26 Å². The molecule has 8 heteroatoms. The number of imide groups is 1. The van der Waals surface area contributed by atoms with E-state index in [2.05, 4.69) is 11.4 Å². The number of benzene rings is 4. The summed E-state index contributed by atoms with van der Waals surface area (Å²) < 4.78 is 11.6. The standard InChI is InChI=1S/C38H40N4O4/c1-45-38(44)42(37(43)36(40)35(30-11-4-2-5-12-30)31-13-6-3-7-14-31)34-15-9-8-10-29(34)21-23-33-26-41-25-32(46-33)22-20-27-16-18-28(24-39)19-17-27/h2-19,32-33,35-36,41H,20-23,25-26,40H2,1H3/t32-,33-,36+/m1/s1. The Balaban J connectivity index is 1.30. The lowest BCUT2D eigenvalue weighted by Crippen LogP contribution is -2.50. The van der Waals surface area contributed by atoms with Crippen molar-refractivity contribution in [2.24, 2.45) is 5.73 Å². The van der Waals surface area contributed by atoms with Gasteiger partial charge in [0.2, 0.25) is 0 Å². The summed E-state index contributed by atoms with van der Waals surface area (Å²) in [4.78, 5) is 28.5. The van der Waals surface area contributed by atoms with Crippen molar-refractivity contribution in [2.75, 3.05) is 25.1 Å². The zero-order valence-corrected chi connectivity index (χ0v) is 26.0. The van der Waals surface area contributed by atoms with Crippen LogP contribution in [0.15, 0.2) is 109 Å². The number of nitrogens with two attached hydrogens (primary N) is 1. The monoisotopic (exact) mass is 616 g/mol. The molecule has 236 valence electrons. The normalized spacial score (nSPS) is 16.7. The quantitative estimate of drug-likeness (QED) is 0.221. The smallest absolute Gasteiger partial charge is 0.420 e. The molecular formula is C38H40N4O4. The second kappa shape index (κ2) is 16.0. The summed E-state index contributed by atoms with van der Waals surface area (Å²) in [7, 11) is 1.27. The molecule has 0 radical (unpaired) electrons. The van der Waals surface area contributed by atoms with Gasteiger partial charge in [0, 0.05) is 19.0 Å². The molecule has 2 amide bonds. The first-order valence-electron chi connectivity index (χ1n) is 15.7. The molecule has 1 saturated heterocycles. The van der Waals surface area contributed by atoms with Crippen LogP contribution in [0, 0.1) is 11.3 Å². The molecule has 3 atom stereocenters. The van der Waals surface area contributed by atoms with E-state index in [1.165, 1.54) is 12.7 Å². The van der Waals surface area contributed by atoms with Gasteiger partial charge >= 0.3 is 6.09 Å². The molecule has 0 unspecified atom stereocenters. The fraction of sp³-hybridized carbons (Fsp3) is 0.289. The number of nitriles is 1. The number of rotatable bonds is 11. The number of carbonyl (C=O) groups is 2. The van der Waals surface area contributed by atoms with E-state index in [1.54, 1.807) is 12.1 Å². The first-order chi connectivity index (χ1) is 22.5. The molecule has 0 spiro atoms. The van der Waals surface area contributed by atoms with E-state index in [1.807, 2.05) is 97.1 Å². The van der Waals surface area contributed by atoms with E-state index < -0.39 is 24.0 Å². The average Bonchev–Trinajstić information content (AvgIpc) is 3.11. The Morgan fingerprint density at radius 2 is 1.43 bits per heavy atom. The molecule has 4 aromatic carbocycles. The summed E-state index contributed by atoms with van der Waals surface area (Å²) >= 11 is 0. The van der Waals surface area contributed by atoms with Gasteiger partial charge in [-0.05, 0) is 66.1 Å². The number of nitrogens with zero attached hydrogens (tertiary/aromatic N) is 2. The number of anilines is 1. The van der Waals surface area contributed by atoms with Gasteiger partial charge in [-0.25, -0.2) is 9.69 Å². The maximum absolute atomic E-state index is 14.2. The number of hydrogen-bond donors (Lipinski definition) is 2. The van der Waals surface area contributed by atoms with E-state index in [0.29, 0.717) is 24.1 Å². The van der Waals surface area contributed by atoms with Crippen LogP contribution in [0.5, 0.6) is 0 Å². The van der Waals surface area contributed by atoms with Gasteiger partial charge in [0.25, 0.3) is 5.91 Å². The summed E-state index contributed by atoms with van der Waals surface area (Å²) in [5, 5.41) is 12.5. The van der Waals surface area contributed by atoms with E-state index in [0.717, 1.165) is 47.5 Å². The minimum Gasteiger partial charge on any atom is -0.452 e. The predicted molar refractivity (Wildman–Crippen MR) is 178 cm³/mol. The van der Waals surface area contributed by atoms with Crippen molar-refractivity contribution in [1.82, 2.24) is 5.32 Å². The largest absolute Gasteiger partial charge is 0.452 e. The molecule has 1 aliphatic rings. The number of nitrogens with one attached hydrogen (secondary N) is 1. The molecule has 4 aromatic rings. The summed E-state index contributed by atoms with van der Waals surface area (Å²) in [6.07, 6.45) is 2.24. The molecule has 0 bridgehead atoms. The Morgan fingerprint density at radius 3 is 2.02 bits per heavy atom. The lowest BCUT2D eigenvalue weighted by molar-refractivity contribution is -0.119. The molecule has 5 rings (SSSR count). The zero-order chi connectivity index (χ0) is 32.3. The van der Waals surface area contributed by atoms with Gasteiger partial charge in [0.1, 0.15) is 0 Å². The van der Waals surface area contributed by atoms with E-state index in [-0.39, 0.29) is 12.2 Å². The number of carbonyl (C=O) groups excluding carboxylic acids is 2.